The van der Waals surface area contributed by atoms with Gasteiger partial charge < -0.3 is 25.2 Å². The summed E-state index contributed by atoms with van der Waals surface area (Å²) < 4.78 is 6.51. The van der Waals surface area contributed by atoms with E-state index in [-0.39, 0.29) is 24.0 Å². The minimum Gasteiger partial charge on any atom is -0.396 e. The fourth-order valence-corrected chi connectivity index (χ4v) is 6.51. The van der Waals surface area contributed by atoms with Crippen LogP contribution in [0.3, 0.4) is 0 Å². The summed E-state index contributed by atoms with van der Waals surface area (Å²) in [4.78, 5) is 0. The van der Waals surface area contributed by atoms with Gasteiger partial charge in [0.05, 0.1) is 30.0 Å². The number of fused-ring (bicyclic) bond motifs is 3. The SMILES string of the molecule is C=C[C@@]1(C)CC[C@@H]2[C@@]3(C)[C@H](O)[C@@H](O)[C@H](O)[C@@](C)(CO)[C@@H]3CC[C@@]2(C)O1. The first kappa shape index (κ1) is 19.3. The minimum absolute atomic E-state index is 0.0369. The number of hydrogen-bond acceptors (Lipinski definition) is 5. The van der Waals surface area contributed by atoms with Crippen molar-refractivity contribution < 1.29 is 25.2 Å². The standard InChI is InChI=1S/C20H34O5/c1-6-17(2)9-7-13-19(4,25-17)10-8-12-18(3,11-21)15(23)14(22)16(24)20(12,13)5/h6,12-16,21-24H,1,7-11H2,2-5H3/t12-,13-,14-,15-,16+,17-,18-,19+,20-/m0/s1. The second-order valence-electron chi connectivity index (χ2n) is 9.52. The molecule has 9 atom stereocenters. The molecule has 2 saturated carbocycles. The lowest BCUT2D eigenvalue weighted by molar-refractivity contribution is -0.312. The Kier molecular flexibility index (Phi) is 4.45. The summed E-state index contributed by atoms with van der Waals surface area (Å²) in [5, 5.41) is 42.2. The van der Waals surface area contributed by atoms with Gasteiger partial charge in [0.2, 0.25) is 0 Å². The van der Waals surface area contributed by atoms with Crippen molar-refractivity contribution in [3.05, 3.63) is 12.7 Å². The third-order valence-corrected chi connectivity index (χ3v) is 8.09. The highest BCUT2D eigenvalue weighted by Crippen LogP contribution is 2.65. The smallest absolute Gasteiger partial charge is 0.107 e. The maximum atomic E-state index is 11.0. The van der Waals surface area contributed by atoms with Crippen molar-refractivity contribution in [2.75, 3.05) is 6.61 Å². The largest absolute Gasteiger partial charge is 0.396 e. The monoisotopic (exact) mass is 354 g/mol. The third kappa shape index (κ3) is 2.39. The van der Waals surface area contributed by atoms with Crippen molar-refractivity contribution in [1.29, 1.82) is 0 Å². The quantitative estimate of drug-likeness (QED) is 0.566. The highest BCUT2D eigenvalue weighted by molar-refractivity contribution is 5.18. The number of ether oxygens (including phenoxy) is 1. The number of aliphatic hydroxyl groups excluding tert-OH is 4. The second-order valence-corrected chi connectivity index (χ2v) is 9.52. The van der Waals surface area contributed by atoms with Crippen LogP contribution in [0, 0.1) is 22.7 Å². The van der Waals surface area contributed by atoms with Gasteiger partial charge in [-0.3, -0.25) is 0 Å². The van der Waals surface area contributed by atoms with Gasteiger partial charge in [0.1, 0.15) is 6.10 Å². The molecule has 0 spiro atoms. The molecule has 0 bridgehead atoms. The summed E-state index contributed by atoms with van der Waals surface area (Å²) >= 11 is 0. The zero-order valence-corrected chi connectivity index (χ0v) is 15.9. The Bertz CT molecular complexity index is 552. The van der Waals surface area contributed by atoms with Crippen LogP contribution in [-0.2, 0) is 4.74 Å². The Morgan fingerprint density at radius 2 is 1.60 bits per heavy atom. The molecule has 1 aliphatic heterocycles. The maximum absolute atomic E-state index is 11.0. The van der Waals surface area contributed by atoms with E-state index in [4.69, 9.17) is 4.74 Å². The fraction of sp³-hybridized carbons (Fsp3) is 0.900. The first-order valence-corrected chi connectivity index (χ1v) is 9.47. The summed E-state index contributed by atoms with van der Waals surface area (Å²) in [6.07, 6.45) is 1.59. The fourth-order valence-electron chi connectivity index (χ4n) is 6.51. The third-order valence-electron chi connectivity index (χ3n) is 8.09. The van der Waals surface area contributed by atoms with E-state index in [9.17, 15) is 20.4 Å². The molecular formula is C20H34O5. The summed E-state index contributed by atoms with van der Waals surface area (Å²) in [5.74, 6) is -0.0528. The van der Waals surface area contributed by atoms with Crippen LogP contribution in [0.5, 0.6) is 0 Å². The molecule has 1 saturated heterocycles. The maximum Gasteiger partial charge on any atom is 0.107 e. The van der Waals surface area contributed by atoms with E-state index in [0.29, 0.717) is 0 Å². The molecule has 2 aliphatic carbocycles. The summed E-state index contributed by atoms with van der Waals surface area (Å²) in [6.45, 7) is 11.7. The minimum atomic E-state index is -1.27. The Labute approximate surface area is 150 Å². The normalized spacial score (nSPS) is 59.0. The molecule has 3 fully saturated rings. The van der Waals surface area contributed by atoms with Crippen molar-refractivity contribution in [2.24, 2.45) is 22.7 Å². The topological polar surface area (TPSA) is 90.2 Å². The van der Waals surface area contributed by atoms with Crippen LogP contribution in [0.1, 0.15) is 53.4 Å². The van der Waals surface area contributed by atoms with E-state index in [1.807, 2.05) is 26.8 Å². The van der Waals surface area contributed by atoms with Crippen LogP contribution < -0.4 is 0 Å². The lowest BCUT2D eigenvalue weighted by Gasteiger charge is -2.68. The highest BCUT2D eigenvalue weighted by atomic mass is 16.5. The Hall–Kier alpha value is -0.460. The molecule has 25 heavy (non-hydrogen) atoms. The van der Waals surface area contributed by atoms with Crippen LogP contribution in [0.2, 0.25) is 0 Å². The first-order chi connectivity index (χ1) is 11.5. The first-order valence-electron chi connectivity index (χ1n) is 9.47. The van der Waals surface area contributed by atoms with E-state index < -0.39 is 34.7 Å². The summed E-state index contributed by atoms with van der Waals surface area (Å²) in [5.41, 5.74) is -2.28. The number of aliphatic hydroxyl groups is 4. The van der Waals surface area contributed by atoms with Gasteiger partial charge in [-0.2, -0.15) is 0 Å². The van der Waals surface area contributed by atoms with Crippen molar-refractivity contribution >= 4 is 0 Å². The predicted octanol–water partition coefficient (Wildman–Crippen LogP) is 1.63. The molecule has 4 N–H and O–H groups in total. The average molecular weight is 354 g/mol. The van der Waals surface area contributed by atoms with Gasteiger partial charge in [-0.05, 0) is 51.4 Å². The molecule has 0 aromatic rings. The lowest BCUT2D eigenvalue weighted by Crippen LogP contribution is -2.73. The number of rotatable bonds is 2. The molecule has 3 rings (SSSR count). The van der Waals surface area contributed by atoms with Crippen LogP contribution in [0.25, 0.3) is 0 Å². The molecule has 1 heterocycles. The van der Waals surface area contributed by atoms with Crippen LogP contribution >= 0.6 is 0 Å². The average Bonchev–Trinajstić information content (AvgIpc) is 2.57. The van der Waals surface area contributed by atoms with Gasteiger partial charge in [-0.1, -0.05) is 19.9 Å². The molecule has 0 radical (unpaired) electrons. The van der Waals surface area contributed by atoms with Gasteiger partial charge >= 0.3 is 0 Å². The zero-order valence-electron chi connectivity index (χ0n) is 15.9. The molecule has 144 valence electrons. The zero-order chi connectivity index (χ0) is 18.8. The van der Waals surface area contributed by atoms with Crippen LogP contribution in [0.15, 0.2) is 12.7 Å². The second kappa shape index (κ2) is 5.77. The van der Waals surface area contributed by atoms with Crippen LogP contribution in [-0.4, -0.2) is 56.5 Å². The van der Waals surface area contributed by atoms with Crippen LogP contribution in [0.4, 0.5) is 0 Å². The van der Waals surface area contributed by atoms with E-state index >= 15 is 0 Å². The summed E-state index contributed by atoms with van der Waals surface area (Å²) in [6, 6.07) is 0. The van der Waals surface area contributed by atoms with Crippen molar-refractivity contribution in [2.45, 2.75) is 82.9 Å². The Morgan fingerprint density at radius 3 is 2.16 bits per heavy atom. The molecule has 0 unspecified atom stereocenters. The van der Waals surface area contributed by atoms with Gasteiger partial charge in [0.15, 0.2) is 0 Å². The van der Waals surface area contributed by atoms with Gasteiger partial charge in [-0.15, -0.1) is 6.58 Å². The molecule has 3 aliphatic rings. The summed E-state index contributed by atoms with van der Waals surface area (Å²) in [7, 11) is 0. The van der Waals surface area contributed by atoms with Crippen molar-refractivity contribution in [3.8, 4) is 0 Å². The van der Waals surface area contributed by atoms with Gasteiger partial charge in [-0.25, -0.2) is 0 Å². The number of hydrogen-bond donors (Lipinski definition) is 4. The van der Waals surface area contributed by atoms with Gasteiger partial charge in [0, 0.05) is 10.8 Å². The molecule has 5 heteroatoms. The molecule has 0 aromatic carbocycles. The Morgan fingerprint density at radius 1 is 1.00 bits per heavy atom. The van der Waals surface area contributed by atoms with E-state index in [1.54, 1.807) is 0 Å². The highest BCUT2D eigenvalue weighted by Gasteiger charge is 2.69. The van der Waals surface area contributed by atoms with E-state index in [1.165, 1.54) is 0 Å². The van der Waals surface area contributed by atoms with E-state index in [0.717, 1.165) is 25.7 Å². The molecule has 0 amide bonds. The lowest BCUT2D eigenvalue weighted by atomic mass is 9.42. The molecule has 0 aromatic heterocycles. The predicted molar refractivity (Wildman–Crippen MR) is 94.9 cm³/mol. The van der Waals surface area contributed by atoms with Crippen molar-refractivity contribution in [1.82, 2.24) is 0 Å². The molecule has 5 nitrogen and oxygen atoms in total. The van der Waals surface area contributed by atoms with Crippen molar-refractivity contribution in [3.63, 3.8) is 0 Å². The Balaban J connectivity index is 2.06. The van der Waals surface area contributed by atoms with Gasteiger partial charge in [0.25, 0.3) is 0 Å². The van der Waals surface area contributed by atoms with E-state index in [2.05, 4.69) is 13.5 Å². The molecular weight excluding hydrogens is 320 g/mol.